The van der Waals surface area contributed by atoms with Gasteiger partial charge in [0.25, 0.3) is 0 Å². The van der Waals surface area contributed by atoms with Gasteiger partial charge in [-0.2, -0.15) is 5.26 Å². The fourth-order valence-corrected chi connectivity index (χ4v) is 3.50. The molecule has 0 heterocycles. The summed E-state index contributed by atoms with van der Waals surface area (Å²) >= 11 is 2.11. The Kier molecular flexibility index (Phi) is 6.83. The molecule has 146 valence electrons. The molecule has 0 aliphatic carbocycles. The second-order valence-corrected chi connectivity index (χ2v) is 7.26. The number of allylic oxidation sites excluding steroid dienone is 1. The van der Waals surface area contributed by atoms with Crippen molar-refractivity contribution in [2.45, 2.75) is 6.61 Å². The van der Waals surface area contributed by atoms with Crippen LogP contribution in [0.15, 0.2) is 60.7 Å². The number of hydrogen-bond acceptors (Lipinski definition) is 3. The molecule has 0 N–H and O–H groups in total. The first-order chi connectivity index (χ1) is 14.0. The summed E-state index contributed by atoms with van der Waals surface area (Å²) in [6.45, 7) is 0.250. The van der Waals surface area contributed by atoms with Crippen LogP contribution in [0.1, 0.15) is 16.7 Å². The van der Waals surface area contributed by atoms with Crippen molar-refractivity contribution >= 4 is 34.2 Å². The lowest BCUT2D eigenvalue weighted by atomic mass is 10.0. The molecule has 0 fully saturated rings. The molecule has 3 aromatic rings. The van der Waals surface area contributed by atoms with E-state index >= 15 is 0 Å². The number of hydrogen-bond donors (Lipinski definition) is 0. The summed E-state index contributed by atoms with van der Waals surface area (Å²) in [5.41, 5.74) is 1.95. The van der Waals surface area contributed by atoms with Crippen LogP contribution in [-0.4, -0.2) is 7.11 Å². The van der Waals surface area contributed by atoms with Gasteiger partial charge in [0, 0.05) is 5.56 Å². The predicted octanol–water partition coefficient (Wildman–Crippen LogP) is 6.22. The van der Waals surface area contributed by atoms with E-state index in [2.05, 4.69) is 22.6 Å². The number of nitrogens with zero attached hydrogens (tertiary/aromatic N) is 1. The van der Waals surface area contributed by atoms with Crippen molar-refractivity contribution in [3.8, 4) is 17.6 Å². The molecular formula is C23H16F2INO2. The Morgan fingerprint density at radius 1 is 1.10 bits per heavy atom. The Morgan fingerprint density at radius 2 is 1.83 bits per heavy atom. The molecule has 0 radical (unpaired) electrons. The second-order valence-electron chi connectivity index (χ2n) is 6.10. The van der Waals surface area contributed by atoms with Crippen molar-refractivity contribution in [1.29, 1.82) is 5.26 Å². The van der Waals surface area contributed by atoms with Crippen LogP contribution in [0, 0.1) is 26.5 Å². The van der Waals surface area contributed by atoms with Crippen molar-refractivity contribution in [3.05, 3.63) is 92.6 Å². The van der Waals surface area contributed by atoms with Crippen molar-refractivity contribution in [3.63, 3.8) is 0 Å². The summed E-state index contributed by atoms with van der Waals surface area (Å²) in [4.78, 5) is 0. The van der Waals surface area contributed by atoms with E-state index in [1.165, 1.54) is 25.3 Å². The SMILES string of the molecule is COc1cc(/C=C(/C#N)c2ccccc2F)cc(I)c1OCc1ccc(F)cc1. The molecule has 0 unspecified atom stereocenters. The van der Waals surface area contributed by atoms with E-state index in [1.807, 2.05) is 12.1 Å². The first-order valence-electron chi connectivity index (χ1n) is 8.63. The average Bonchev–Trinajstić information content (AvgIpc) is 2.72. The quantitative estimate of drug-likeness (QED) is 0.228. The topological polar surface area (TPSA) is 42.2 Å². The number of benzene rings is 3. The number of nitriles is 1. The molecule has 0 amide bonds. The predicted molar refractivity (Wildman–Crippen MR) is 116 cm³/mol. The zero-order valence-electron chi connectivity index (χ0n) is 15.5. The third-order valence-electron chi connectivity index (χ3n) is 4.14. The van der Waals surface area contributed by atoms with Crippen LogP contribution in [0.5, 0.6) is 11.5 Å². The van der Waals surface area contributed by atoms with Crippen molar-refractivity contribution in [2.24, 2.45) is 0 Å². The zero-order chi connectivity index (χ0) is 20.8. The highest BCUT2D eigenvalue weighted by molar-refractivity contribution is 14.1. The minimum Gasteiger partial charge on any atom is -0.493 e. The Bertz CT molecular complexity index is 1090. The van der Waals surface area contributed by atoms with Gasteiger partial charge in [0.1, 0.15) is 18.2 Å². The number of halogens is 3. The van der Waals surface area contributed by atoms with E-state index in [0.29, 0.717) is 17.1 Å². The summed E-state index contributed by atoms with van der Waals surface area (Å²) in [5.74, 6) is 0.261. The van der Waals surface area contributed by atoms with Crippen molar-refractivity contribution < 1.29 is 18.3 Å². The molecule has 29 heavy (non-hydrogen) atoms. The lowest BCUT2D eigenvalue weighted by molar-refractivity contribution is 0.282. The fourth-order valence-electron chi connectivity index (χ4n) is 2.72. The molecule has 3 rings (SSSR count). The van der Waals surface area contributed by atoms with Crippen molar-refractivity contribution in [1.82, 2.24) is 0 Å². The molecule has 0 bridgehead atoms. The van der Waals surface area contributed by atoms with Gasteiger partial charge in [0.05, 0.1) is 22.3 Å². The molecular weight excluding hydrogens is 487 g/mol. The first kappa shape index (κ1) is 20.8. The molecule has 6 heteroatoms. The largest absolute Gasteiger partial charge is 0.493 e. The third-order valence-corrected chi connectivity index (χ3v) is 4.94. The van der Waals surface area contributed by atoms with Gasteiger partial charge in [0.2, 0.25) is 0 Å². The summed E-state index contributed by atoms with van der Waals surface area (Å²) < 4.78 is 39.2. The van der Waals surface area contributed by atoms with Crippen LogP contribution in [0.25, 0.3) is 11.6 Å². The summed E-state index contributed by atoms with van der Waals surface area (Å²) in [6.07, 6.45) is 1.60. The molecule has 0 saturated carbocycles. The van der Waals surface area contributed by atoms with Gasteiger partial charge < -0.3 is 9.47 Å². The monoisotopic (exact) mass is 503 g/mol. The number of methoxy groups -OCH3 is 1. The number of rotatable bonds is 6. The van der Waals surface area contributed by atoms with Crippen LogP contribution in [0.2, 0.25) is 0 Å². The summed E-state index contributed by atoms with van der Waals surface area (Å²) in [6, 6.07) is 17.8. The van der Waals surface area contributed by atoms with Gasteiger partial charge in [-0.15, -0.1) is 0 Å². The van der Waals surface area contributed by atoms with Gasteiger partial charge in [-0.3, -0.25) is 0 Å². The summed E-state index contributed by atoms with van der Waals surface area (Å²) in [7, 11) is 1.52. The lowest BCUT2D eigenvalue weighted by Gasteiger charge is -2.14. The molecule has 0 spiro atoms. The Hall–Kier alpha value is -2.92. The van der Waals surface area contributed by atoms with Gasteiger partial charge in [-0.05, 0) is 70.1 Å². The third kappa shape index (κ3) is 5.12. The molecule has 3 nitrogen and oxygen atoms in total. The van der Waals surface area contributed by atoms with E-state index in [4.69, 9.17) is 9.47 Å². The van der Waals surface area contributed by atoms with E-state index in [9.17, 15) is 14.0 Å². The smallest absolute Gasteiger partial charge is 0.174 e. The minimum atomic E-state index is -0.457. The van der Waals surface area contributed by atoms with Gasteiger partial charge in [-0.1, -0.05) is 30.3 Å². The Balaban J connectivity index is 1.90. The van der Waals surface area contributed by atoms with Gasteiger partial charge >= 0.3 is 0 Å². The fraction of sp³-hybridized carbons (Fsp3) is 0.0870. The van der Waals surface area contributed by atoms with Crippen LogP contribution in [-0.2, 0) is 6.61 Å². The average molecular weight is 503 g/mol. The van der Waals surface area contributed by atoms with E-state index in [-0.39, 0.29) is 23.6 Å². The minimum absolute atomic E-state index is 0.209. The molecule has 3 aromatic carbocycles. The highest BCUT2D eigenvalue weighted by Gasteiger charge is 2.13. The van der Waals surface area contributed by atoms with Gasteiger partial charge in [0.15, 0.2) is 11.5 Å². The maximum Gasteiger partial charge on any atom is 0.174 e. The Labute approximate surface area is 181 Å². The van der Waals surface area contributed by atoms with Crippen molar-refractivity contribution in [2.75, 3.05) is 7.11 Å². The van der Waals surface area contributed by atoms with E-state index in [0.717, 1.165) is 9.13 Å². The summed E-state index contributed by atoms with van der Waals surface area (Å²) in [5, 5.41) is 9.48. The molecule has 0 aliphatic heterocycles. The van der Waals surface area contributed by atoms with Crippen LogP contribution < -0.4 is 9.47 Å². The maximum absolute atomic E-state index is 14.0. The van der Waals surface area contributed by atoms with E-state index in [1.54, 1.807) is 42.5 Å². The Morgan fingerprint density at radius 3 is 2.48 bits per heavy atom. The second kappa shape index (κ2) is 9.52. The van der Waals surface area contributed by atoms with E-state index < -0.39 is 5.82 Å². The highest BCUT2D eigenvalue weighted by atomic mass is 127. The molecule has 0 aliphatic rings. The maximum atomic E-state index is 14.0. The molecule has 0 saturated heterocycles. The standard InChI is InChI=1S/C23H16F2INO2/c1-28-22-12-16(10-17(13-27)19-4-2-3-5-20(19)25)11-21(26)23(22)29-14-15-6-8-18(24)9-7-15/h2-12H,14H2,1H3/b17-10-. The normalized spacial score (nSPS) is 11.1. The lowest BCUT2D eigenvalue weighted by Crippen LogP contribution is -2.00. The first-order valence-corrected chi connectivity index (χ1v) is 9.71. The van der Waals surface area contributed by atoms with Crippen LogP contribution in [0.4, 0.5) is 8.78 Å². The molecule has 0 atom stereocenters. The van der Waals surface area contributed by atoms with Crippen LogP contribution >= 0.6 is 22.6 Å². The van der Waals surface area contributed by atoms with Gasteiger partial charge in [-0.25, -0.2) is 8.78 Å². The zero-order valence-corrected chi connectivity index (χ0v) is 17.6. The number of ether oxygens (including phenoxy) is 2. The van der Waals surface area contributed by atoms with Crippen LogP contribution in [0.3, 0.4) is 0 Å². The molecule has 0 aromatic heterocycles. The highest BCUT2D eigenvalue weighted by Crippen LogP contribution is 2.35.